The Bertz CT molecular complexity index is 979. The topological polar surface area (TPSA) is 64.2 Å². The number of benzene rings is 2. The van der Waals surface area contributed by atoms with E-state index in [0.717, 1.165) is 27.9 Å². The summed E-state index contributed by atoms with van der Waals surface area (Å²) in [4.78, 5) is 11.8. The normalized spacial score (nSPS) is 10.5. The molecule has 3 rings (SSSR count). The van der Waals surface area contributed by atoms with Crippen molar-refractivity contribution in [3.8, 4) is 17.5 Å². The lowest BCUT2D eigenvalue weighted by Gasteiger charge is -2.09. The van der Waals surface area contributed by atoms with Gasteiger partial charge in [0.25, 0.3) is 0 Å². The lowest BCUT2D eigenvalue weighted by atomic mass is 10.1. The highest BCUT2D eigenvalue weighted by Crippen LogP contribution is 2.31. The average molecular weight is 334 g/mol. The maximum Gasteiger partial charge on any atom is 0.338 e. The first-order valence-corrected chi connectivity index (χ1v) is 7.96. The zero-order valence-corrected chi connectivity index (χ0v) is 14.4. The molecule has 0 atom stereocenters. The quantitative estimate of drug-likeness (QED) is 0.677. The first-order valence-electron chi connectivity index (χ1n) is 7.96. The fourth-order valence-electron chi connectivity index (χ4n) is 2.85. The Labute approximate surface area is 146 Å². The van der Waals surface area contributed by atoms with Crippen LogP contribution in [-0.4, -0.2) is 24.3 Å². The molecule has 0 aliphatic rings. The van der Waals surface area contributed by atoms with E-state index in [9.17, 15) is 10.1 Å². The number of hydrogen-bond donors (Lipinski definition) is 0. The third kappa shape index (κ3) is 2.94. The van der Waals surface area contributed by atoms with E-state index in [4.69, 9.17) is 9.47 Å². The van der Waals surface area contributed by atoms with Gasteiger partial charge in [0.15, 0.2) is 0 Å². The van der Waals surface area contributed by atoms with E-state index in [-0.39, 0.29) is 5.97 Å². The molecule has 1 heterocycles. The van der Waals surface area contributed by atoms with Gasteiger partial charge in [-0.1, -0.05) is 0 Å². The molecule has 0 amide bonds. The fraction of sp³-hybridized carbons (Fsp3) is 0.200. The molecule has 0 saturated heterocycles. The van der Waals surface area contributed by atoms with Crippen LogP contribution in [0.1, 0.15) is 28.4 Å². The monoisotopic (exact) mass is 334 g/mol. The van der Waals surface area contributed by atoms with Crippen molar-refractivity contribution in [1.29, 1.82) is 5.26 Å². The third-order valence-electron chi connectivity index (χ3n) is 4.10. The number of aromatic nitrogens is 1. The van der Waals surface area contributed by atoms with Gasteiger partial charge in [0.1, 0.15) is 11.8 Å². The summed E-state index contributed by atoms with van der Waals surface area (Å²) >= 11 is 0. The largest absolute Gasteiger partial charge is 0.496 e. The lowest BCUT2D eigenvalue weighted by Crippen LogP contribution is -2.04. The van der Waals surface area contributed by atoms with Crippen LogP contribution in [-0.2, 0) is 4.74 Å². The molecule has 0 aliphatic heterocycles. The van der Waals surface area contributed by atoms with Crippen LogP contribution in [0.2, 0.25) is 0 Å². The Morgan fingerprint density at radius 1 is 1.24 bits per heavy atom. The minimum atomic E-state index is -0.343. The van der Waals surface area contributed by atoms with Crippen LogP contribution >= 0.6 is 0 Å². The zero-order valence-electron chi connectivity index (χ0n) is 14.4. The first kappa shape index (κ1) is 16.6. The summed E-state index contributed by atoms with van der Waals surface area (Å²) in [6.07, 6.45) is 1.79. The van der Waals surface area contributed by atoms with Gasteiger partial charge in [0.05, 0.1) is 30.4 Å². The van der Waals surface area contributed by atoms with E-state index in [1.54, 1.807) is 32.4 Å². The summed E-state index contributed by atoms with van der Waals surface area (Å²) in [6, 6.07) is 13.2. The molecule has 126 valence electrons. The Morgan fingerprint density at radius 2 is 1.96 bits per heavy atom. The van der Waals surface area contributed by atoms with Crippen LogP contribution in [0.4, 0.5) is 0 Å². The van der Waals surface area contributed by atoms with Crippen molar-refractivity contribution < 1.29 is 14.3 Å². The number of fused-ring (bicyclic) bond motifs is 1. The first-order chi connectivity index (χ1) is 12.1. The molecule has 0 fully saturated rings. The molecule has 0 N–H and O–H groups in total. The van der Waals surface area contributed by atoms with Gasteiger partial charge in [-0.2, -0.15) is 5.26 Å². The molecule has 25 heavy (non-hydrogen) atoms. The van der Waals surface area contributed by atoms with Crippen molar-refractivity contribution in [3.05, 3.63) is 59.3 Å². The molecule has 0 unspecified atom stereocenters. The van der Waals surface area contributed by atoms with Gasteiger partial charge in [-0.25, -0.2) is 4.79 Å². The number of carbonyl (C=O) groups excluding carboxylic acids is 1. The molecular weight excluding hydrogens is 316 g/mol. The van der Waals surface area contributed by atoms with Crippen molar-refractivity contribution >= 4 is 16.9 Å². The summed E-state index contributed by atoms with van der Waals surface area (Å²) in [6.45, 7) is 4.08. The molecule has 1 aromatic heterocycles. The number of carbonyl (C=O) groups is 1. The van der Waals surface area contributed by atoms with Gasteiger partial charge in [-0.15, -0.1) is 0 Å². The van der Waals surface area contributed by atoms with E-state index < -0.39 is 0 Å². The summed E-state index contributed by atoms with van der Waals surface area (Å²) in [5, 5.41) is 10.3. The van der Waals surface area contributed by atoms with Crippen LogP contribution in [0, 0.1) is 18.3 Å². The van der Waals surface area contributed by atoms with Crippen LogP contribution < -0.4 is 4.74 Å². The van der Waals surface area contributed by atoms with Crippen molar-refractivity contribution in [2.45, 2.75) is 13.8 Å². The molecule has 0 radical (unpaired) electrons. The Balaban J connectivity index is 2.11. The maximum absolute atomic E-state index is 11.8. The predicted molar refractivity (Wildman–Crippen MR) is 95.2 cm³/mol. The van der Waals surface area contributed by atoms with Crippen molar-refractivity contribution in [2.24, 2.45) is 0 Å². The fourth-order valence-corrected chi connectivity index (χ4v) is 2.85. The second-order valence-corrected chi connectivity index (χ2v) is 5.63. The van der Waals surface area contributed by atoms with E-state index in [1.165, 1.54) is 0 Å². The molecule has 3 aromatic rings. The lowest BCUT2D eigenvalue weighted by molar-refractivity contribution is 0.0526. The molecule has 5 heteroatoms. The minimum absolute atomic E-state index is 0.343. The molecule has 5 nitrogen and oxygen atoms in total. The van der Waals surface area contributed by atoms with Crippen molar-refractivity contribution in [3.63, 3.8) is 0 Å². The smallest absolute Gasteiger partial charge is 0.338 e. The summed E-state index contributed by atoms with van der Waals surface area (Å²) in [7, 11) is 1.62. The standard InChI is InChI=1S/C20H18N2O3/c1-4-25-20(23)14-5-7-16(8-6-14)22-12-15(11-21)17-10-19(24-3)13(2)9-18(17)22/h5-10,12H,4H2,1-3H3. The van der Waals surface area contributed by atoms with E-state index in [1.807, 2.05) is 35.8 Å². The Kier molecular flexibility index (Phi) is 4.44. The van der Waals surface area contributed by atoms with Gasteiger partial charge in [0.2, 0.25) is 0 Å². The molecule has 0 bridgehead atoms. The third-order valence-corrected chi connectivity index (χ3v) is 4.10. The van der Waals surface area contributed by atoms with Gasteiger partial charge in [0, 0.05) is 17.3 Å². The van der Waals surface area contributed by atoms with E-state index in [2.05, 4.69) is 6.07 Å². The number of methoxy groups -OCH3 is 1. The molecule has 0 saturated carbocycles. The second kappa shape index (κ2) is 6.70. The maximum atomic E-state index is 11.8. The second-order valence-electron chi connectivity index (χ2n) is 5.63. The Hall–Kier alpha value is -3.26. The predicted octanol–water partition coefficient (Wildman–Crippen LogP) is 4.00. The van der Waals surface area contributed by atoms with Crippen LogP contribution in [0.3, 0.4) is 0 Å². The molecule has 0 spiro atoms. The van der Waals surface area contributed by atoms with Crippen LogP contribution in [0.25, 0.3) is 16.6 Å². The number of nitriles is 1. The highest BCUT2D eigenvalue weighted by molar-refractivity contribution is 5.91. The van der Waals surface area contributed by atoms with Crippen molar-refractivity contribution in [2.75, 3.05) is 13.7 Å². The van der Waals surface area contributed by atoms with Crippen LogP contribution in [0.5, 0.6) is 5.75 Å². The number of rotatable bonds is 4. The zero-order chi connectivity index (χ0) is 18.0. The molecular formula is C20H18N2O3. The van der Waals surface area contributed by atoms with Gasteiger partial charge in [-0.05, 0) is 55.8 Å². The minimum Gasteiger partial charge on any atom is -0.496 e. The number of esters is 1. The molecule has 0 aliphatic carbocycles. The number of nitrogens with zero attached hydrogens (tertiary/aromatic N) is 2. The highest BCUT2D eigenvalue weighted by Gasteiger charge is 2.13. The summed E-state index contributed by atoms with van der Waals surface area (Å²) in [5.41, 5.74) is 3.84. The number of aryl methyl sites for hydroxylation is 1. The van der Waals surface area contributed by atoms with E-state index >= 15 is 0 Å². The summed E-state index contributed by atoms with van der Waals surface area (Å²) in [5.74, 6) is 0.407. The Morgan fingerprint density at radius 3 is 2.56 bits per heavy atom. The number of ether oxygens (including phenoxy) is 2. The van der Waals surface area contributed by atoms with Gasteiger partial charge in [-0.3, -0.25) is 0 Å². The van der Waals surface area contributed by atoms with Gasteiger partial charge < -0.3 is 14.0 Å². The number of hydrogen-bond acceptors (Lipinski definition) is 4. The summed E-state index contributed by atoms with van der Waals surface area (Å²) < 4.78 is 12.3. The average Bonchev–Trinajstić information content (AvgIpc) is 2.98. The van der Waals surface area contributed by atoms with Crippen LogP contribution in [0.15, 0.2) is 42.6 Å². The molecule has 2 aromatic carbocycles. The SMILES string of the molecule is CCOC(=O)c1ccc(-n2cc(C#N)c3cc(OC)c(C)cc32)cc1. The van der Waals surface area contributed by atoms with Gasteiger partial charge >= 0.3 is 5.97 Å². The highest BCUT2D eigenvalue weighted by atomic mass is 16.5. The van der Waals surface area contributed by atoms with Crippen molar-refractivity contribution in [1.82, 2.24) is 4.57 Å². The van der Waals surface area contributed by atoms with E-state index in [0.29, 0.717) is 17.7 Å².